The van der Waals surface area contributed by atoms with Gasteiger partial charge < -0.3 is 15.2 Å². The van der Waals surface area contributed by atoms with Crippen LogP contribution in [0.1, 0.15) is 65.3 Å². The Kier molecular flexibility index (Phi) is 5.07. The number of nitrogens with zero attached hydrogens (tertiary/aromatic N) is 4. The highest BCUT2D eigenvalue weighted by atomic mass is 16.1. The molecule has 0 radical (unpaired) electrons. The van der Waals surface area contributed by atoms with E-state index in [0.29, 0.717) is 17.7 Å². The molecular weight excluding hydrogens is 388 g/mol. The van der Waals surface area contributed by atoms with Gasteiger partial charge in [-0.3, -0.25) is 4.79 Å². The first-order valence-electron chi connectivity index (χ1n) is 11.6. The van der Waals surface area contributed by atoms with Crippen molar-refractivity contribution in [2.45, 2.75) is 77.4 Å². The minimum Gasteiger partial charge on any atom is -0.365 e. The van der Waals surface area contributed by atoms with Gasteiger partial charge in [0.15, 0.2) is 11.5 Å². The van der Waals surface area contributed by atoms with E-state index in [1.165, 1.54) is 12.8 Å². The molecule has 7 heteroatoms. The Morgan fingerprint density at radius 2 is 1.81 bits per heavy atom. The Hall–Kier alpha value is -2.70. The minimum atomic E-state index is -0.172. The molecule has 2 fully saturated rings. The van der Waals surface area contributed by atoms with Gasteiger partial charge >= 0.3 is 0 Å². The number of imidazole rings is 1. The van der Waals surface area contributed by atoms with E-state index >= 15 is 0 Å². The summed E-state index contributed by atoms with van der Waals surface area (Å²) in [5.41, 5.74) is 2.13. The molecule has 7 nitrogen and oxygen atoms in total. The van der Waals surface area contributed by atoms with E-state index < -0.39 is 0 Å². The van der Waals surface area contributed by atoms with Crippen molar-refractivity contribution in [3.8, 4) is 0 Å². The van der Waals surface area contributed by atoms with Crippen LogP contribution >= 0.6 is 0 Å². The summed E-state index contributed by atoms with van der Waals surface area (Å²) in [6.07, 6.45) is 16.6. The van der Waals surface area contributed by atoms with E-state index in [2.05, 4.69) is 63.1 Å². The Balaban J connectivity index is 1.44. The molecule has 1 atom stereocenters. The van der Waals surface area contributed by atoms with Crippen LogP contribution in [0.15, 0.2) is 36.5 Å². The molecule has 0 saturated heterocycles. The number of aromatic nitrogens is 4. The normalized spacial score (nSPS) is 27.7. The maximum Gasteiger partial charge on any atom is 0.251 e. The van der Waals surface area contributed by atoms with Crippen molar-refractivity contribution < 1.29 is 4.79 Å². The van der Waals surface area contributed by atoms with Crippen LogP contribution in [0, 0.1) is 11.3 Å². The number of fused-ring (bicyclic) bond motifs is 1. The number of nitrogens with one attached hydrogen (secondary N) is 2. The number of hydrogen-bond acceptors (Lipinski definition) is 5. The standard InChI is InChI=1S/C24H32N6O/c1-15-4-6-17(7-5-15)28-21-20-22(26-13-25-21)30(14-27-20)19-12-16(10-11-24(19,2)3)23(31)29-18-8-9-18/h10-15,17-19H,4-9H2,1-3H3,(H,29,31)(H,25,26,28). The summed E-state index contributed by atoms with van der Waals surface area (Å²) in [5.74, 6) is 1.62. The van der Waals surface area contributed by atoms with E-state index in [9.17, 15) is 4.79 Å². The fourth-order valence-electron chi connectivity index (χ4n) is 4.69. The number of hydrogen-bond donors (Lipinski definition) is 2. The number of allylic oxidation sites excluding steroid dienone is 2. The van der Waals surface area contributed by atoms with Gasteiger partial charge in [-0.15, -0.1) is 0 Å². The monoisotopic (exact) mass is 420 g/mol. The van der Waals surface area contributed by atoms with Crippen molar-refractivity contribution in [2.75, 3.05) is 5.32 Å². The predicted molar refractivity (Wildman–Crippen MR) is 122 cm³/mol. The Morgan fingerprint density at radius 3 is 2.55 bits per heavy atom. The quantitative estimate of drug-likeness (QED) is 0.759. The lowest BCUT2D eigenvalue weighted by atomic mass is 9.79. The second-order valence-corrected chi connectivity index (χ2v) is 10.1. The van der Waals surface area contributed by atoms with Crippen LogP contribution in [-0.2, 0) is 4.79 Å². The Labute approximate surface area is 183 Å². The first-order valence-corrected chi connectivity index (χ1v) is 11.6. The molecule has 3 aliphatic carbocycles. The number of anilines is 1. The number of amides is 1. The SMILES string of the molecule is CC1CCC(Nc2ncnc3c2ncn3C2C=C(C(=O)NC3CC3)C=CC2(C)C)CC1. The topological polar surface area (TPSA) is 84.7 Å². The summed E-state index contributed by atoms with van der Waals surface area (Å²) in [5, 5.41) is 6.71. The molecule has 3 aliphatic rings. The summed E-state index contributed by atoms with van der Waals surface area (Å²) < 4.78 is 2.08. The molecular formula is C24H32N6O. The maximum absolute atomic E-state index is 12.6. The highest BCUT2D eigenvalue weighted by Gasteiger charge is 2.34. The maximum atomic E-state index is 12.6. The second kappa shape index (κ2) is 7.77. The fourth-order valence-corrected chi connectivity index (χ4v) is 4.69. The fraction of sp³-hybridized carbons (Fsp3) is 0.583. The molecule has 5 rings (SSSR count). The third-order valence-electron chi connectivity index (χ3n) is 6.98. The lowest BCUT2D eigenvalue weighted by molar-refractivity contribution is -0.117. The summed E-state index contributed by atoms with van der Waals surface area (Å²) in [4.78, 5) is 26.4. The van der Waals surface area contributed by atoms with Crippen molar-refractivity contribution in [3.63, 3.8) is 0 Å². The van der Waals surface area contributed by atoms with Crippen molar-refractivity contribution in [1.29, 1.82) is 0 Å². The average Bonchev–Trinajstić information content (AvgIpc) is 3.45. The van der Waals surface area contributed by atoms with Gasteiger partial charge in [0.1, 0.15) is 11.8 Å². The van der Waals surface area contributed by atoms with Crippen molar-refractivity contribution in [1.82, 2.24) is 24.8 Å². The smallest absolute Gasteiger partial charge is 0.251 e. The summed E-state index contributed by atoms with van der Waals surface area (Å²) in [6, 6.07) is 0.722. The van der Waals surface area contributed by atoms with E-state index in [4.69, 9.17) is 0 Å². The zero-order valence-corrected chi connectivity index (χ0v) is 18.6. The van der Waals surface area contributed by atoms with Crippen LogP contribution in [-0.4, -0.2) is 37.5 Å². The summed E-state index contributed by atoms with van der Waals surface area (Å²) >= 11 is 0. The third-order valence-corrected chi connectivity index (χ3v) is 6.98. The second-order valence-electron chi connectivity index (χ2n) is 10.1. The van der Waals surface area contributed by atoms with Crippen LogP contribution in [0.25, 0.3) is 11.2 Å². The molecule has 2 saturated carbocycles. The molecule has 1 unspecified atom stereocenters. The molecule has 0 aliphatic heterocycles. The summed E-state index contributed by atoms with van der Waals surface area (Å²) in [6.45, 7) is 6.68. The molecule has 0 spiro atoms. The zero-order chi connectivity index (χ0) is 21.6. The van der Waals surface area contributed by atoms with E-state index in [-0.39, 0.29) is 17.4 Å². The molecule has 31 heavy (non-hydrogen) atoms. The number of rotatable bonds is 5. The van der Waals surface area contributed by atoms with Crippen LogP contribution in [0.4, 0.5) is 5.82 Å². The first-order chi connectivity index (χ1) is 14.9. The van der Waals surface area contributed by atoms with Crippen LogP contribution in [0.3, 0.4) is 0 Å². The van der Waals surface area contributed by atoms with Gasteiger partial charge in [0.05, 0.1) is 12.4 Å². The van der Waals surface area contributed by atoms with Gasteiger partial charge in [0.25, 0.3) is 5.91 Å². The molecule has 1 amide bonds. The average molecular weight is 421 g/mol. The van der Waals surface area contributed by atoms with Crippen LogP contribution in [0.5, 0.6) is 0 Å². The van der Waals surface area contributed by atoms with Crippen molar-refractivity contribution in [3.05, 3.63) is 36.5 Å². The van der Waals surface area contributed by atoms with Gasteiger partial charge in [-0.25, -0.2) is 15.0 Å². The minimum absolute atomic E-state index is 0.00665. The largest absolute Gasteiger partial charge is 0.365 e. The highest BCUT2D eigenvalue weighted by molar-refractivity contribution is 5.97. The Bertz CT molecular complexity index is 1040. The lowest BCUT2D eigenvalue weighted by Crippen LogP contribution is -2.31. The number of carbonyl (C=O) groups excluding carboxylic acids is 1. The molecule has 2 aromatic rings. The van der Waals surface area contributed by atoms with Crippen LogP contribution in [0.2, 0.25) is 0 Å². The molecule has 0 bridgehead atoms. The third kappa shape index (κ3) is 4.10. The molecule has 2 N–H and O–H groups in total. The van der Waals surface area contributed by atoms with E-state index in [1.54, 1.807) is 6.33 Å². The molecule has 164 valence electrons. The molecule has 2 heterocycles. The van der Waals surface area contributed by atoms with Gasteiger partial charge in [-0.1, -0.05) is 32.9 Å². The zero-order valence-electron chi connectivity index (χ0n) is 18.6. The first kappa shape index (κ1) is 20.2. The van der Waals surface area contributed by atoms with Crippen LogP contribution < -0.4 is 10.6 Å². The molecule has 2 aromatic heterocycles. The van der Waals surface area contributed by atoms with E-state index in [0.717, 1.165) is 48.6 Å². The van der Waals surface area contributed by atoms with Gasteiger partial charge in [-0.05, 0) is 50.5 Å². The lowest BCUT2D eigenvalue weighted by Gasteiger charge is -2.33. The predicted octanol–water partition coefficient (Wildman–Crippen LogP) is 4.16. The molecule has 0 aromatic carbocycles. The van der Waals surface area contributed by atoms with Crippen molar-refractivity contribution in [2.24, 2.45) is 11.3 Å². The number of carbonyl (C=O) groups is 1. The van der Waals surface area contributed by atoms with E-state index in [1.807, 2.05) is 12.4 Å². The highest BCUT2D eigenvalue weighted by Crippen LogP contribution is 2.40. The van der Waals surface area contributed by atoms with Gasteiger partial charge in [-0.2, -0.15) is 0 Å². The van der Waals surface area contributed by atoms with Gasteiger partial charge in [0, 0.05) is 23.1 Å². The van der Waals surface area contributed by atoms with Gasteiger partial charge in [0.2, 0.25) is 0 Å². The summed E-state index contributed by atoms with van der Waals surface area (Å²) in [7, 11) is 0. The Morgan fingerprint density at radius 1 is 1.06 bits per heavy atom. The van der Waals surface area contributed by atoms with Crippen molar-refractivity contribution >= 4 is 22.9 Å².